The molecule has 1 atom stereocenters. The number of aromatic nitrogens is 3. The van der Waals surface area contributed by atoms with Gasteiger partial charge in [0.05, 0.1) is 18.8 Å². The van der Waals surface area contributed by atoms with E-state index in [1.54, 1.807) is 23.1 Å². The summed E-state index contributed by atoms with van der Waals surface area (Å²) < 4.78 is 20.5. The molecule has 0 radical (unpaired) electrons. The molecule has 0 aliphatic heterocycles. The van der Waals surface area contributed by atoms with Gasteiger partial charge in [0, 0.05) is 6.54 Å². The van der Waals surface area contributed by atoms with Gasteiger partial charge in [-0.15, -0.1) is 0 Å². The molecule has 2 aromatic carbocycles. The van der Waals surface area contributed by atoms with Crippen LogP contribution in [-0.4, -0.2) is 39.9 Å². The summed E-state index contributed by atoms with van der Waals surface area (Å²) in [6, 6.07) is 14.0. The molecule has 0 aliphatic rings. The van der Waals surface area contributed by atoms with Crippen molar-refractivity contribution in [1.29, 1.82) is 0 Å². The Balaban J connectivity index is 1.53. The number of halogens is 1. The molecule has 0 aliphatic carbocycles. The molecule has 1 unspecified atom stereocenters. The largest absolute Gasteiger partial charge is 0.489 e. The van der Waals surface area contributed by atoms with Gasteiger partial charge in [0.25, 0.3) is 0 Å². The van der Waals surface area contributed by atoms with E-state index in [2.05, 4.69) is 25.7 Å². The summed E-state index contributed by atoms with van der Waals surface area (Å²) in [4.78, 5) is 8.57. The zero-order chi connectivity index (χ0) is 20.5. The molecule has 0 spiro atoms. The van der Waals surface area contributed by atoms with Crippen LogP contribution < -0.4 is 15.4 Å². The highest BCUT2D eigenvalue weighted by Crippen LogP contribution is 2.13. The van der Waals surface area contributed by atoms with Crippen molar-refractivity contribution >= 4 is 5.96 Å². The molecule has 3 rings (SSSR count). The third-order valence-electron chi connectivity index (χ3n) is 4.09. The van der Waals surface area contributed by atoms with Crippen LogP contribution in [0.15, 0.2) is 66.2 Å². The maximum absolute atomic E-state index is 13.0. The molecule has 0 saturated heterocycles. The third-order valence-corrected chi connectivity index (χ3v) is 4.09. The molecule has 152 valence electrons. The normalized spacial score (nSPS) is 12.4. The Morgan fingerprint density at radius 3 is 2.55 bits per heavy atom. The molecule has 1 heterocycles. The quantitative estimate of drug-likeness (QED) is 0.452. The SMILES string of the molecule is CCNC(=NCc1ccc(-n2cncn2)cc1)NCC(C)Oc1ccc(F)cc1. The fourth-order valence-corrected chi connectivity index (χ4v) is 2.64. The van der Waals surface area contributed by atoms with Crippen LogP contribution in [0.5, 0.6) is 5.75 Å². The lowest BCUT2D eigenvalue weighted by molar-refractivity contribution is 0.223. The predicted octanol–water partition coefficient (Wildman–Crippen LogP) is 2.93. The lowest BCUT2D eigenvalue weighted by Gasteiger charge is -2.17. The number of ether oxygens (including phenoxy) is 1. The average Bonchev–Trinajstić information content (AvgIpc) is 3.27. The van der Waals surface area contributed by atoms with E-state index in [4.69, 9.17) is 4.74 Å². The molecule has 3 aromatic rings. The first-order valence-corrected chi connectivity index (χ1v) is 9.52. The fraction of sp³-hybridized carbons (Fsp3) is 0.286. The summed E-state index contributed by atoms with van der Waals surface area (Å²) in [6.07, 6.45) is 3.06. The van der Waals surface area contributed by atoms with Crippen molar-refractivity contribution in [3.8, 4) is 11.4 Å². The number of aliphatic imine (C=N–C) groups is 1. The Morgan fingerprint density at radius 2 is 1.90 bits per heavy atom. The van der Waals surface area contributed by atoms with E-state index in [1.807, 2.05) is 38.1 Å². The van der Waals surface area contributed by atoms with Crippen molar-refractivity contribution in [3.05, 3.63) is 72.6 Å². The number of hydrogen-bond donors (Lipinski definition) is 2. The van der Waals surface area contributed by atoms with E-state index in [-0.39, 0.29) is 11.9 Å². The maximum atomic E-state index is 13.0. The fourth-order valence-electron chi connectivity index (χ4n) is 2.64. The van der Waals surface area contributed by atoms with Crippen molar-refractivity contribution in [2.24, 2.45) is 4.99 Å². The maximum Gasteiger partial charge on any atom is 0.191 e. The van der Waals surface area contributed by atoms with Crippen LogP contribution in [0.1, 0.15) is 19.4 Å². The summed E-state index contributed by atoms with van der Waals surface area (Å²) in [5, 5.41) is 10.6. The molecule has 8 heteroatoms. The topological polar surface area (TPSA) is 76.4 Å². The van der Waals surface area contributed by atoms with Crippen LogP contribution in [0, 0.1) is 5.82 Å². The highest BCUT2D eigenvalue weighted by Gasteiger charge is 2.06. The van der Waals surface area contributed by atoms with Gasteiger partial charge in [-0.05, 0) is 55.8 Å². The number of rotatable bonds is 8. The predicted molar refractivity (Wildman–Crippen MR) is 111 cm³/mol. The van der Waals surface area contributed by atoms with Gasteiger partial charge < -0.3 is 15.4 Å². The summed E-state index contributed by atoms with van der Waals surface area (Å²) in [5.41, 5.74) is 2.04. The lowest BCUT2D eigenvalue weighted by Crippen LogP contribution is -2.41. The highest BCUT2D eigenvalue weighted by atomic mass is 19.1. The number of hydrogen-bond acceptors (Lipinski definition) is 4. The summed E-state index contributed by atoms with van der Waals surface area (Å²) in [6.45, 7) is 5.82. The molecule has 1 aromatic heterocycles. The van der Waals surface area contributed by atoms with Crippen molar-refractivity contribution in [2.75, 3.05) is 13.1 Å². The second kappa shape index (κ2) is 10.2. The molecular formula is C21H25FN6O. The molecule has 0 amide bonds. The van der Waals surface area contributed by atoms with Crippen molar-refractivity contribution in [3.63, 3.8) is 0 Å². The van der Waals surface area contributed by atoms with Crippen molar-refractivity contribution < 1.29 is 9.13 Å². The van der Waals surface area contributed by atoms with Gasteiger partial charge in [-0.25, -0.2) is 19.0 Å². The summed E-state index contributed by atoms with van der Waals surface area (Å²) >= 11 is 0. The Labute approximate surface area is 169 Å². The minimum Gasteiger partial charge on any atom is -0.489 e. The van der Waals surface area contributed by atoms with Crippen LogP contribution in [0.25, 0.3) is 5.69 Å². The Morgan fingerprint density at radius 1 is 1.14 bits per heavy atom. The molecule has 29 heavy (non-hydrogen) atoms. The lowest BCUT2D eigenvalue weighted by atomic mass is 10.2. The van der Waals surface area contributed by atoms with Crippen molar-refractivity contribution in [1.82, 2.24) is 25.4 Å². The van der Waals surface area contributed by atoms with Crippen LogP contribution in [0.2, 0.25) is 0 Å². The summed E-state index contributed by atoms with van der Waals surface area (Å²) in [7, 11) is 0. The van der Waals surface area contributed by atoms with Crippen LogP contribution in [0.3, 0.4) is 0 Å². The Kier molecular flexibility index (Phi) is 7.16. The van der Waals surface area contributed by atoms with Crippen LogP contribution in [-0.2, 0) is 6.54 Å². The zero-order valence-electron chi connectivity index (χ0n) is 16.5. The van der Waals surface area contributed by atoms with Crippen LogP contribution in [0.4, 0.5) is 4.39 Å². The van der Waals surface area contributed by atoms with Crippen molar-refractivity contribution in [2.45, 2.75) is 26.5 Å². The van der Waals surface area contributed by atoms with Gasteiger partial charge in [-0.1, -0.05) is 12.1 Å². The minimum atomic E-state index is -0.279. The molecule has 0 bridgehead atoms. The van der Waals surface area contributed by atoms with E-state index in [1.165, 1.54) is 18.5 Å². The third kappa shape index (κ3) is 6.31. The Bertz CT molecular complexity index is 894. The van der Waals surface area contributed by atoms with E-state index in [0.717, 1.165) is 17.8 Å². The van der Waals surface area contributed by atoms with Gasteiger partial charge in [0.1, 0.15) is 30.3 Å². The van der Waals surface area contributed by atoms with E-state index in [0.29, 0.717) is 24.8 Å². The first-order chi connectivity index (χ1) is 14.1. The molecule has 0 saturated carbocycles. The number of nitrogens with one attached hydrogen (secondary N) is 2. The minimum absolute atomic E-state index is 0.105. The molecule has 0 fully saturated rings. The van der Waals surface area contributed by atoms with E-state index in [9.17, 15) is 4.39 Å². The summed E-state index contributed by atoms with van der Waals surface area (Å²) in [5.74, 6) is 1.07. The van der Waals surface area contributed by atoms with Gasteiger partial charge in [-0.3, -0.25) is 0 Å². The number of benzene rings is 2. The van der Waals surface area contributed by atoms with Gasteiger partial charge in [0.2, 0.25) is 0 Å². The second-order valence-corrected chi connectivity index (χ2v) is 6.46. The smallest absolute Gasteiger partial charge is 0.191 e. The first-order valence-electron chi connectivity index (χ1n) is 9.52. The molecular weight excluding hydrogens is 371 g/mol. The van der Waals surface area contributed by atoms with E-state index < -0.39 is 0 Å². The number of nitrogens with zero attached hydrogens (tertiary/aromatic N) is 4. The second-order valence-electron chi connectivity index (χ2n) is 6.46. The number of guanidine groups is 1. The van der Waals surface area contributed by atoms with Gasteiger partial charge >= 0.3 is 0 Å². The standard InChI is InChI=1S/C21H25FN6O/c1-3-24-21(25-12-16(2)29-20-10-6-18(22)7-11-20)26-13-17-4-8-19(9-5-17)28-15-23-14-27-28/h4-11,14-16H,3,12-13H2,1-2H3,(H2,24,25,26). The van der Waals surface area contributed by atoms with Gasteiger partial charge in [0.15, 0.2) is 5.96 Å². The Hall–Kier alpha value is -3.42. The first kappa shape index (κ1) is 20.3. The zero-order valence-corrected chi connectivity index (χ0v) is 16.5. The molecule has 7 nitrogen and oxygen atoms in total. The van der Waals surface area contributed by atoms with E-state index >= 15 is 0 Å². The van der Waals surface area contributed by atoms with Crippen LogP contribution >= 0.6 is 0 Å². The van der Waals surface area contributed by atoms with Gasteiger partial charge in [-0.2, -0.15) is 5.10 Å². The monoisotopic (exact) mass is 396 g/mol. The average molecular weight is 396 g/mol. The molecule has 2 N–H and O–H groups in total. The highest BCUT2D eigenvalue weighted by molar-refractivity contribution is 5.79.